The van der Waals surface area contributed by atoms with Crippen molar-refractivity contribution in [2.75, 3.05) is 19.0 Å². The van der Waals surface area contributed by atoms with Crippen molar-refractivity contribution >= 4 is 15.8 Å². The van der Waals surface area contributed by atoms with E-state index in [4.69, 9.17) is 4.74 Å². The molecule has 0 unspecified atom stereocenters. The Balaban J connectivity index is 0.00000961. The van der Waals surface area contributed by atoms with Crippen molar-refractivity contribution in [3.8, 4) is 5.75 Å². The van der Waals surface area contributed by atoms with E-state index in [0.29, 0.717) is 12.3 Å². The van der Waals surface area contributed by atoms with Gasteiger partial charge in [0.1, 0.15) is 15.9 Å². The molecule has 178 valence electrons. The Morgan fingerprint density at radius 1 is 0.875 bits per heavy atom. The largest absolute Gasteiger partial charge is 1.00 e. The van der Waals surface area contributed by atoms with Crippen LogP contribution in [0.4, 0.5) is 5.69 Å². The van der Waals surface area contributed by atoms with E-state index in [9.17, 15) is 13.0 Å². The van der Waals surface area contributed by atoms with Gasteiger partial charge in [-0.15, -0.1) is 0 Å². The Kier molecular flexibility index (Phi) is 19.6. The summed E-state index contributed by atoms with van der Waals surface area (Å²) in [4.78, 5) is -0.253. The summed E-state index contributed by atoms with van der Waals surface area (Å²) in [5, 5.41) is 3.08. The molecule has 0 saturated carbocycles. The smallest absolute Gasteiger partial charge is 0.744 e. The van der Waals surface area contributed by atoms with Gasteiger partial charge in [-0.3, -0.25) is 0 Å². The molecule has 1 aromatic rings. The van der Waals surface area contributed by atoms with Crippen LogP contribution in [0.2, 0.25) is 0 Å². The van der Waals surface area contributed by atoms with Gasteiger partial charge in [-0.05, 0) is 44.2 Å². The maximum Gasteiger partial charge on any atom is 1.00 e. The summed E-state index contributed by atoms with van der Waals surface area (Å²) in [5.74, 6) is 0.376. The van der Waals surface area contributed by atoms with Crippen LogP contribution in [0.5, 0.6) is 5.75 Å². The Bertz CT molecular complexity index is 723. The van der Waals surface area contributed by atoms with Gasteiger partial charge in [-0.25, -0.2) is 8.42 Å². The van der Waals surface area contributed by atoms with Crippen LogP contribution in [0.3, 0.4) is 0 Å². The van der Waals surface area contributed by atoms with E-state index in [0.717, 1.165) is 12.8 Å². The van der Waals surface area contributed by atoms with E-state index in [1.807, 2.05) is 0 Å². The van der Waals surface area contributed by atoms with Gasteiger partial charge in [0.05, 0.1) is 17.7 Å². The van der Waals surface area contributed by atoms with Crippen LogP contribution < -0.4 is 39.6 Å². The molecule has 0 atom stereocenters. The summed E-state index contributed by atoms with van der Waals surface area (Å²) in [5.41, 5.74) is 0.271. The van der Waals surface area contributed by atoms with Crippen LogP contribution in [0.1, 0.15) is 96.8 Å². The molecule has 0 radical (unpaired) electrons. The second-order valence-electron chi connectivity index (χ2n) is 8.15. The van der Waals surface area contributed by atoms with E-state index in [1.54, 1.807) is 6.07 Å². The van der Waals surface area contributed by atoms with E-state index in [2.05, 4.69) is 24.4 Å². The maximum atomic E-state index is 11.4. The number of benzene rings is 1. The first kappa shape index (κ1) is 31.5. The number of nitrogens with one attached hydrogen (secondary N) is 1. The van der Waals surface area contributed by atoms with Gasteiger partial charge < -0.3 is 14.6 Å². The maximum absolute atomic E-state index is 11.4. The molecule has 0 saturated heterocycles. The number of anilines is 1. The van der Waals surface area contributed by atoms with Crippen molar-refractivity contribution in [3.63, 3.8) is 0 Å². The summed E-state index contributed by atoms with van der Waals surface area (Å²) in [6, 6.07) is 4.48. The molecule has 1 N–H and O–H groups in total. The normalized spacial score (nSPS) is 11.5. The molecule has 5 nitrogen and oxygen atoms in total. The van der Waals surface area contributed by atoms with Crippen molar-refractivity contribution in [2.45, 2.75) is 102 Å². The molecular weight excluding hydrogens is 433 g/mol. The minimum atomic E-state index is -4.54. The first-order valence-corrected chi connectivity index (χ1v) is 13.4. The van der Waals surface area contributed by atoms with Crippen LogP contribution in [-0.4, -0.2) is 26.6 Å². The number of hydrogen-bond donors (Lipinski definition) is 1. The molecule has 0 aliphatic rings. The average Bonchev–Trinajstić information content (AvgIpc) is 2.75. The number of ether oxygens (including phenoxy) is 1. The fourth-order valence-electron chi connectivity index (χ4n) is 3.65. The fourth-order valence-corrected chi connectivity index (χ4v) is 4.32. The molecule has 0 spiro atoms. The van der Waals surface area contributed by atoms with Crippen LogP contribution in [0.15, 0.2) is 35.2 Å². The van der Waals surface area contributed by atoms with Gasteiger partial charge in [-0.2, -0.15) is 0 Å². The molecule has 1 aromatic carbocycles. The molecule has 32 heavy (non-hydrogen) atoms. The zero-order valence-corrected chi connectivity index (χ0v) is 23.4. The van der Waals surface area contributed by atoms with E-state index in [-0.39, 0.29) is 40.1 Å². The standard InChI is InChI=1S/C25H43NO4S.Na/c1-3-4-5-6-7-8-9-10-11-12-13-14-15-16-17-18-22-26-25-23(30-2)20-19-21-24(25)31(27,28)29;/h10-11,19-21,26H,3-9,12-18,22H2,1-2H3,(H,27,28,29);/q;+1/p-1/b11-10-;. The number of para-hydroxylation sites is 1. The number of allylic oxidation sites excluding steroid dienone is 2. The third-order valence-corrected chi connectivity index (χ3v) is 6.35. The van der Waals surface area contributed by atoms with Gasteiger partial charge in [0.2, 0.25) is 0 Å². The number of unbranched alkanes of at least 4 members (excludes halogenated alkanes) is 12. The van der Waals surface area contributed by atoms with Crippen molar-refractivity contribution in [3.05, 3.63) is 30.4 Å². The van der Waals surface area contributed by atoms with Crippen molar-refractivity contribution in [1.82, 2.24) is 0 Å². The summed E-state index contributed by atoms with van der Waals surface area (Å²) in [7, 11) is -3.07. The first-order chi connectivity index (χ1) is 15.0. The summed E-state index contributed by atoms with van der Waals surface area (Å²) in [6.07, 6.45) is 22.1. The zero-order chi connectivity index (χ0) is 22.8. The summed E-state index contributed by atoms with van der Waals surface area (Å²) in [6.45, 7) is 2.87. The zero-order valence-electron chi connectivity index (χ0n) is 20.5. The predicted molar refractivity (Wildman–Crippen MR) is 129 cm³/mol. The van der Waals surface area contributed by atoms with Gasteiger partial charge in [0, 0.05) is 6.54 Å². The second kappa shape index (κ2) is 19.9. The quantitative estimate of drug-likeness (QED) is 0.141. The molecule has 0 bridgehead atoms. The second-order valence-corrected chi connectivity index (χ2v) is 9.50. The van der Waals surface area contributed by atoms with Crippen LogP contribution >= 0.6 is 0 Å². The van der Waals surface area contributed by atoms with E-state index >= 15 is 0 Å². The Morgan fingerprint density at radius 2 is 1.41 bits per heavy atom. The van der Waals surface area contributed by atoms with E-state index in [1.165, 1.54) is 96.3 Å². The number of hydrogen-bond acceptors (Lipinski definition) is 5. The van der Waals surface area contributed by atoms with E-state index < -0.39 is 10.1 Å². The topological polar surface area (TPSA) is 78.5 Å². The van der Waals surface area contributed by atoms with Gasteiger partial charge in [0.15, 0.2) is 0 Å². The third kappa shape index (κ3) is 14.6. The Labute approximate surface area is 218 Å². The summed E-state index contributed by atoms with van der Waals surface area (Å²) < 4.78 is 39.5. The van der Waals surface area contributed by atoms with Gasteiger partial charge in [0.25, 0.3) is 0 Å². The monoisotopic (exact) mass is 475 g/mol. The molecule has 0 heterocycles. The predicted octanol–water partition coefficient (Wildman–Crippen LogP) is 4.05. The molecule has 0 aliphatic carbocycles. The molecule has 0 fully saturated rings. The van der Waals surface area contributed by atoms with Crippen molar-refractivity contribution < 1.29 is 47.3 Å². The fraction of sp³-hybridized carbons (Fsp3) is 0.680. The third-order valence-electron chi connectivity index (χ3n) is 5.47. The number of rotatable bonds is 19. The Hall–Kier alpha value is -0.530. The number of methoxy groups -OCH3 is 1. The average molecular weight is 476 g/mol. The first-order valence-electron chi connectivity index (χ1n) is 12.0. The minimum Gasteiger partial charge on any atom is -0.744 e. The molecular formula is C25H42NNaO4S. The van der Waals surface area contributed by atoms with Crippen molar-refractivity contribution in [2.24, 2.45) is 0 Å². The molecule has 0 aromatic heterocycles. The molecule has 7 heteroatoms. The van der Waals surface area contributed by atoms with Gasteiger partial charge in [-0.1, -0.05) is 82.9 Å². The van der Waals surface area contributed by atoms with Crippen LogP contribution in [-0.2, 0) is 10.1 Å². The summed E-state index contributed by atoms with van der Waals surface area (Å²) >= 11 is 0. The minimum absolute atomic E-state index is 0. The van der Waals surface area contributed by atoms with Crippen LogP contribution in [0.25, 0.3) is 0 Å². The Morgan fingerprint density at radius 3 is 1.94 bits per heavy atom. The molecule has 1 rings (SSSR count). The van der Waals surface area contributed by atoms with Gasteiger partial charge >= 0.3 is 29.6 Å². The molecule has 0 amide bonds. The van der Waals surface area contributed by atoms with Crippen molar-refractivity contribution in [1.29, 1.82) is 0 Å². The SMILES string of the molecule is CCCCCCCC/C=C\CCCCCCCCNc1c(OC)cccc1S(=O)(=O)[O-].[Na+]. The van der Waals surface area contributed by atoms with Crippen LogP contribution in [0, 0.1) is 0 Å². The molecule has 0 aliphatic heterocycles.